The third-order valence-electron chi connectivity index (χ3n) is 8.29. The molecule has 0 bridgehead atoms. The quantitative estimate of drug-likeness (QED) is 0.0834. The molecule has 12 atom stereocenters. The standard InChI is InChI=1S/C31H42O17/c1-3-16-17(18(28(41)42-2)12-45-29(16)48-31-27(40)24(37)22(35)19(11-32)46-31)10-21(34)44-13-20-23(36)25(38)26(39)30(47-20)43-9-8-14-4-6-15(33)7-5-14/h3-7,12,17,19-20,22-27,29-33,35-40H,8-11,13H2,1-2H3/t17-,19+,20-,22-,23+,24-,25-,26+,27+,29+,30-,31+/m0/s1. The van der Waals surface area contributed by atoms with Gasteiger partial charge in [-0.2, -0.15) is 0 Å². The number of hydrogen-bond donors (Lipinski definition) is 8. The first kappa shape index (κ1) is 37.6. The monoisotopic (exact) mass is 686 g/mol. The van der Waals surface area contributed by atoms with Crippen molar-refractivity contribution < 1.29 is 83.6 Å². The number of benzene rings is 1. The van der Waals surface area contributed by atoms with Crippen molar-refractivity contribution in [3.05, 3.63) is 53.3 Å². The minimum absolute atomic E-state index is 0.0483. The summed E-state index contributed by atoms with van der Waals surface area (Å²) in [7, 11) is 1.12. The Balaban J connectivity index is 1.39. The van der Waals surface area contributed by atoms with E-state index in [4.69, 9.17) is 33.2 Å². The Morgan fingerprint density at radius 1 is 0.875 bits per heavy atom. The van der Waals surface area contributed by atoms with E-state index in [1.165, 1.54) is 18.2 Å². The van der Waals surface area contributed by atoms with Crippen molar-refractivity contribution >= 4 is 11.9 Å². The van der Waals surface area contributed by atoms with Crippen LogP contribution in [-0.4, -0.2) is 147 Å². The van der Waals surface area contributed by atoms with Gasteiger partial charge in [0.15, 0.2) is 12.6 Å². The number of methoxy groups -OCH3 is 1. The summed E-state index contributed by atoms with van der Waals surface area (Å²) in [5.41, 5.74) is 0.922. The number of rotatable bonds is 12. The second kappa shape index (κ2) is 17.0. The van der Waals surface area contributed by atoms with Gasteiger partial charge in [0.1, 0.15) is 61.2 Å². The fourth-order valence-corrected chi connectivity index (χ4v) is 5.47. The van der Waals surface area contributed by atoms with Crippen molar-refractivity contribution in [3.63, 3.8) is 0 Å². The Hall–Kier alpha value is -3.20. The molecule has 0 aromatic heterocycles. The zero-order valence-electron chi connectivity index (χ0n) is 26.2. The maximum atomic E-state index is 13.1. The number of carbonyl (C=O) groups is 2. The van der Waals surface area contributed by atoms with Gasteiger partial charge in [-0.25, -0.2) is 4.79 Å². The number of carbonyl (C=O) groups excluding carboxylic acids is 2. The van der Waals surface area contributed by atoms with Crippen LogP contribution in [0.15, 0.2) is 47.7 Å². The predicted molar refractivity (Wildman–Crippen MR) is 157 cm³/mol. The molecule has 8 N–H and O–H groups in total. The number of hydrogen-bond acceptors (Lipinski definition) is 17. The molecule has 17 heteroatoms. The zero-order valence-corrected chi connectivity index (χ0v) is 26.2. The molecule has 3 aliphatic heterocycles. The van der Waals surface area contributed by atoms with Crippen LogP contribution < -0.4 is 0 Å². The molecule has 268 valence electrons. The van der Waals surface area contributed by atoms with E-state index >= 15 is 0 Å². The van der Waals surface area contributed by atoms with E-state index in [1.54, 1.807) is 19.1 Å². The lowest BCUT2D eigenvalue weighted by atomic mass is 9.86. The summed E-state index contributed by atoms with van der Waals surface area (Å²) in [6.45, 7) is 0.335. The average molecular weight is 687 g/mol. The highest BCUT2D eigenvalue weighted by atomic mass is 16.8. The number of aliphatic hydroxyl groups is 7. The number of esters is 2. The van der Waals surface area contributed by atoms with E-state index in [0.717, 1.165) is 18.9 Å². The molecule has 4 rings (SSSR count). The van der Waals surface area contributed by atoms with Crippen molar-refractivity contribution in [2.24, 2.45) is 5.92 Å². The van der Waals surface area contributed by atoms with Crippen LogP contribution in [0.1, 0.15) is 18.9 Å². The Labute approximate surface area is 275 Å². The van der Waals surface area contributed by atoms with Crippen LogP contribution >= 0.6 is 0 Å². The van der Waals surface area contributed by atoms with E-state index in [-0.39, 0.29) is 23.5 Å². The van der Waals surface area contributed by atoms with Crippen molar-refractivity contribution in [2.75, 3.05) is 26.9 Å². The molecular weight excluding hydrogens is 644 g/mol. The second-order valence-corrected chi connectivity index (χ2v) is 11.4. The highest BCUT2D eigenvalue weighted by Gasteiger charge is 2.48. The smallest absolute Gasteiger partial charge is 0.337 e. The fourth-order valence-electron chi connectivity index (χ4n) is 5.47. The lowest BCUT2D eigenvalue weighted by Crippen LogP contribution is -2.60. The first-order valence-corrected chi connectivity index (χ1v) is 15.2. The van der Waals surface area contributed by atoms with Gasteiger partial charge in [0.25, 0.3) is 0 Å². The molecule has 0 amide bonds. The molecule has 1 aromatic carbocycles. The van der Waals surface area contributed by atoms with Crippen molar-refractivity contribution in [1.29, 1.82) is 0 Å². The summed E-state index contributed by atoms with van der Waals surface area (Å²) in [4.78, 5) is 25.7. The Bertz CT molecular complexity index is 1280. The third-order valence-corrected chi connectivity index (χ3v) is 8.29. The third kappa shape index (κ3) is 8.68. The maximum Gasteiger partial charge on any atom is 0.337 e. The van der Waals surface area contributed by atoms with Crippen molar-refractivity contribution in [3.8, 4) is 5.75 Å². The summed E-state index contributed by atoms with van der Waals surface area (Å²) in [5.74, 6) is -2.69. The van der Waals surface area contributed by atoms with Gasteiger partial charge in [-0.1, -0.05) is 18.2 Å². The topological polar surface area (TPSA) is 261 Å². The molecule has 0 spiro atoms. The van der Waals surface area contributed by atoms with E-state index in [1.807, 2.05) is 0 Å². The molecule has 3 heterocycles. The number of phenolic OH excluding ortho intramolecular Hbond substituents is 1. The van der Waals surface area contributed by atoms with E-state index in [0.29, 0.717) is 6.42 Å². The molecule has 0 radical (unpaired) electrons. The van der Waals surface area contributed by atoms with Crippen LogP contribution in [0.25, 0.3) is 0 Å². The van der Waals surface area contributed by atoms with Gasteiger partial charge in [0.05, 0.1) is 38.6 Å². The molecule has 0 unspecified atom stereocenters. The number of aromatic hydroxyl groups is 1. The first-order chi connectivity index (χ1) is 22.9. The van der Waals surface area contributed by atoms with Gasteiger partial charge in [0, 0.05) is 11.5 Å². The summed E-state index contributed by atoms with van der Waals surface area (Å²) in [6.07, 6.45) is -14.6. The fraction of sp³-hybridized carbons (Fsp3) is 0.613. The highest BCUT2D eigenvalue weighted by molar-refractivity contribution is 5.90. The minimum atomic E-state index is -1.75. The van der Waals surface area contributed by atoms with Crippen LogP contribution in [0.2, 0.25) is 0 Å². The van der Waals surface area contributed by atoms with Crippen LogP contribution in [0.5, 0.6) is 5.75 Å². The Kier molecular flexibility index (Phi) is 13.3. The van der Waals surface area contributed by atoms with Crippen LogP contribution in [-0.2, 0) is 49.2 Å². The molecule has 2 fully saturated rings. The molecule has 1 aromatic rings. The van der Waals surface area contributed by atoms with Crippen LogP contribution in [0.4, 0.5) is 0 Å². The molecule has 3 aliphatic rings. The molecule has 2 saturated heterocycles. The van der Waals surface area contributed by atoms with Gasteiger partial charge in [-0.05, 0) is 31.0 Å². The SMILES string of the molecule is CC=C1[C@@H](O[C@H]2O[C@H](CO)[C@H](O)[C@H](O)[C@H]2O)OC=C(C(=O)OC)[C@H]1CC(=O)OC[C@@H]1O[C@H](OCCc2ccc(O)cc2)[C@H](O)[C@@H](O)[C@@H]1O. The lowest BCUT2D eigenvalue weighted by Gasteiger charge is -2.42. The van der Waals surface area contributed by atoms with Crippen LogP contribution in [0.3, 0.4) is 0 Å². The maximum absolute atomic E-state index is 13.1. The van der Waals surface area contributed by atoms with E-state index in [2.05, 4.69) is 0 Å². The molecule has 0 aliphatic carbocycles. The first-order valence-electron chi connectivity index (χ1n) is 15.2. The van der Waals surface area contributed by atoms with Crippen molar-refractivity contribution in [2.45, 2.75) is 87.5 Å². The normalized spacial score (nSPS) is 36.2. The number of allylic oxidation sites excluding steroid dienone is 1. The second-order valence-electron chi connectivity index (χ2n) is 11.4. The summed E-state index contributed by atoms with van der Waals surface area (Å²) in [5, 5.41) is 80.8. The minimum Gasteiger partial charge on any atom is -0.508 e. The summed E-state index contributed by atoms with van der Waals surface area (Å²) in [6, 6.07) is 6.37. The molecular formula is C31H42O17. The van der Waals surface area contributed by atoms with Gasteiger partial charge in [-0.3, -0.25) is 4.79 Å². The van der Waals surface area contributed by atoms with E-state index in [9.17, 15) is 50.4 Å². The number of ether oxygens (including phenoxy) is 7. The lowest BCUT2D eigenvalue weighted by molar-refractivity contribution is -0.327. The van der Waals surface area contributed by atoms with Crippen LogP contribution in [0, 0.1) is 5.92 Å². The zero-order chi connectivity index (χ0) is 35.1. The summed E-state index contributed by atoms with van der Waals surface area (Å²) >= 11 is 0. The Morgan fingerprint density at radius 3 is 2.12 bits per heavy atom. The number of aliphatic hydroxyl groups excluding tert-OH is 7. The summed E-state index contributed by atoms with van der Waals surface area (Å²) < 4.78 is 38.0. The van der Waals surface area contributed by atoms with Gasteiger partial charge in [-0.15, -0.1) is 0 Å². The average Bonchev–Trinajstić information content (AvgIpc) is 3.08. The molecule has 0 saturated carbocycles. The molecule has 17 nitrogen and oxygen atoms in total. The largest absolute Gasteiger partial charge is 0.508 e. The Morgan fingerprint density at radius 2 is 1.50 bits per heavy atom. The number of phenols is 1. The van der Waals surface area contributed by atoms with Gasteiger partial charge >= 0.3 is 11.9 Å². The van der Waals surface area contributed by atoms with Gasteiger partial charge < -0.3 is 74.0 Å². The van der Waals surface area contributed by atoms with Gasteiger partial charge in [0.2, 0.25) is 6.29 Å². The predicted octanol–water partition coefficient (Wildman–Crippen LogP) is -2.52. The molecule has 48 heavy (non-hydrogen) atoms. The van der Waals surface area contributed by atoms with E-state index < -0.39 is 105 Å². The van der Waals surface area contributed by atoms with Crippen molar-refractivity contribution in [1.82, 2.24) is 0 Å². The highest BCUT2D eigenvalue weighted by Crippen LogP contribution is 2.36.